The molecule has 0 radical (unpaired) electrons. The van der Waals surface area contributed by atoms with Gasteiger partial charge in [0.05, 0.1) is 5.71 Å². The lowest BCUT2D eigenvalue weighted by Crippen LogP contribution is -2.37. The first kappa shape index (κ1) is 12.6. The number of hydrazone groups is 1. The third kappa shape index (κ3) is 4.40. The molecule has 0 bridgehead atoms. The van der Waals surface area contributed by atoms with E-state index in [9.17, 15) is 0 Å². The van der Waals surface area contributed by atoms with Crippen LogP contribution in [0.5, 0.6) is 0 Å². The fraction of sp³-hybridized carbons (Fsp3) is 0.333. The van der Waals surface area contributed by atoms with E-state index >= 15 is 0 Å². The number of thiocarbonyl (C=S) groups is 1. The van der Waals surface area contributed by atoms with E-state index in [0.29, 0.717) is 11.2 Å². The SMILES string of the molecule is C/C(=N\NC(=S)NC(C)C)c1ccccc1. The standard InChI is InChI=1S/C12H17N3S/c1-9(2)13-12(16)15-14-10(3)11-7-5-4-6-8-11/h4-9H,1-3H3,(H2,13,15,16)/b14-10+. The van der Waals surface area contributed by atoms with E-state index in [2.05, 4.69) is 15.8 Å². The van der Waals surface area contributed by atoms with Crippen LogP contribution in [0, 0.1) is 0 Å². The fourth-order valence-corrected chi connectivity index (χ4v) is 1.45. The lowest BCUT2D eigenvalue weighted by atomic mass is 10.1. The van der Waals surface area contributed by atoms with E-state index in [4.69, 9.17) is 12.2 Å². The van der Waals surface area contributed by atoms with Gasteiger partial charge in [0.25, 0.3) is 0 Å². The summed E-state index contributed by atoms with van der Waals surface area (Å²) < 4.78 is 0. The Morgan fingerprint density at radius 3 is 2.44 bits per heavy atom. The van der Waals surface area contributed by atoms with Crippen molar-refractivity contribution in [1.82, 2.24) is 10.7 Å². The highest BCUT2D eigenvalue weighted by molar-refractivity contribution is 7.80. The number of rotatable bonds is 3. The molecule has 3 nitrogen and oxygen atoms in total. The highest BCUT2D eigenvalue weighted by atomic mass is 32.1. The van der Waals surface area contributed by atoms with Gasteiger partial charge in [0.2, 0.25) is 0 Å². The molecule has 0 fully saturated rings. The minimum absolute atomic E-state index is 0.312. The van der Waals surface area contributed by atoms with Crippen LogP contribution in [0.2, 0.25) is 0 Å². The van der Waals surface area contributed by atoms with Gasteiger partial charge in [0, 0.05) is 6.04 Å². The summed E-state index contributed by atoms with van der Waals surface area (Å²) >= 11 is 5.07. The number of hydrogen-bond donors (Lipinski definition) is 2. The van der Waals surface area contributed by atoms with E-state index in [0.717, 1.165) is 11.3 Å². The van der Waals surface area contributed by atoms with E-state index in [1.165, 1.54) is 0 Å². The van der Waals surface area contributed by atoms with Gasteiger partial charge in [-0.15, -0.1) is 0 Å². The van der Waals surface area contributed by atoms with Gasteiger partial charge in [-0.2, -0.15) is 5.10 Å². The zero-order valence-electron chi connectivity index (χ0n) is 9.82. The van der Waals surface area contributed by atoms with Crippen LogP contribution >= 0.6 is 12.2 Å². The molecule has 0 heterocycles. The molecule has 0 aliphatic rings. The lowest BCUT2D eigenvalue weighted by Gasteiger charge is -2.10. The largest absolute Gasteiger partial charge is 0.359 e. The molecule has 4 heteroatoms. The summed E-state index contributed by atoms with van der Waals surface area (Å²) in [5.41, 5.74) is 4.82. The maximum Gasteiger partial charge on any atom is 0.187 e. The lowest BCUT2D eigenvalue weighted by molar-refractivity contribution is 0.719. The van der Waals surface area contributed by atoms with Crippen LogP contribution in [-0.4, -0.2) is 16.9 Å². The van der Waals surface area contributed by atoms with Crippen LogP contribution in [-0.2, 0) is 0 Å². The van der Waals surface area contributed by atoms with Crippen molar-refractivity contribution in [2.45, 2.75) is 26.8 Å². The maximum atomic E-state index is 5.07. The molecule has 0 aromatic heterocycles. The number of nitrogens with zero attached hydrogens (tertiary/aromatic N) is 1. The van der Waals surface area contributed by atoms with Gasteiger partial charge in [0.15, 0.2) is 5.11 Å². The maximum absolute atomic E-state index is 5.07. The van der Waals surface area contributed by atoms with Crippen LogP contribution in [0.4, 0.5) is 0 Å². The highest BCUT2D eigenvalue weighted by Gasteiger charge is 1.98. The molecule has 0 spiro atoms. The third-order valence-electron chi connectivity index (χ3n) is 1.94. The molecule has 2 N–H and O–H groups in total. The quantitative estimate of drug-likeness (QED) is 0.479. The van der Waals surface area contributed by atoms with Crippen molar-refractivity contribution in [2.75, 3.05) is 0 Å². The Morgan fingerprint density at radius 1 is 1.25 bits per heavy atom. The Labute approximate surface area is 102 Å². The number of nitrogens with one attached hydrogen (secondary N) is 2. The van der Waals surface area contributed by atoms with Gasteiger partial charge in [-0.05, 0) is 38.6 Å². The molecule has 1 aromatic carbocycles. The molecule has 1 aromatic rings. The minimum Gasteiger partial charge on any atom is -0.359 e. The fourth-order valence-electron chi connectivity index (χ4n) is 1.17. The zero-order valence-corrected chi connectivity index (χ0v) is 10.6. The van der Waals surface area contributed by atoms with Crippen molar-refractivity contribution in [1.29, 1.82) is 0 Å². The number of benzene rings is 1. The van der Waals surface area contributed by atoms with Crippen LogP contribution in [0.15, 0.2) is 35.4 Å². The molecule has 0 unspecified atom stereocenters. The van der Waals surface area contributed by atoms with Crippen molar-refractivity contribution in [3.8, 4) is 0 Å². The van der Waals surface area contributed by atoms with Crippen molar-refractivity contribution in [2.24, 2.45) is 5.10 Å². The Morgan fingerprint density at radius 2 is 1.88 bits per heavy atom. The Kier molecular flexibility index (Phi) is 4.92. The summed E-state index contributed by atoms with van der Waals surface area (Å²) in [6.45, 7) is 6.00. The Hall–Kier alpha value is -1.42. The molecule has 16 heavy (non-hydrogen) atoms. The molecule has 0 aliphatic heterocycles. The first-order valence-corrected chi connectivity index (χ1v) is 5.66. The molecule has 0 aliphatic carbocycles. The van der Waals surface area contributed by atoms with E-state index in [1.807, 2.05) is 51.1 Å². The highest BCUT2D eigenvalue weighted by Crippen LogP contribution is 1.99. The summed E-state index contributed by atoms with van der Waals surface area (Å²) in [7, 11) is 0. The monoisotopic (exact) mass is 235 g/mol. The topological polar surface area (TPSA) is 36.4 Å². The molecular weight excluding hydrogens is 218 g/mol. The summed E-state index contributed by atoms with van der Waals surface area (Å²) in [5, 5.41) is 7.82. The van der Waals surface area contributed by atoms with E-state index in [1.54, 1.807) is 0 Å². The van der Waals surface area contributed by atoms with Gasteiger partial charge in [-0.25, -0.2) is 0 Å². The molecule has 1 rings (SSSR count). The van der Waals surface area contributed by atoms with Gasteiger partial charge in [0.1, 0.15) is 0 Å². The molecule has 0 atom stereocenters. The van der Waals surface area contributed by atoms with Crippen molar-refractivity contribution < 1.29 is 0 Å². The second-order valence-electron chi connectivity index (χ2n) is 3.80. The van der Waals surface area contributed by atoms with Gasteiger partial charge >= 0.3 is 0 Å². The molecule has 0 amide bonds. The van der Waals surface area contributed by atoms with Crippen molar-refractivity contribution >= 4 is 23.0 Å². The first-order chi connectivity index (χ1) is 7.59. The smallest absolute Gasteiger partial charge is 0.187 e. The average Bonchev–Trinajstić information content (AvgIpc) is 2.26. The third-order valence-corrected chi connectivity index (χ3v) is 2.15. The second-order valence-corrected chi connectivity index (χ2v) is 4.21. The first-order valence-electron chi connectivity index (χ1n) is 5.26. The minimum atomic E-state index is 0.312. The Balaban J connectivity index is 2.55. The average molecular weight is 235 g/mol. The van der Waals surface area contributed by atoms with E-state index < -0.39 is 0 Å². The van der Waals surface area contributed by atoms with Crippen LogP contribution < -0.4 is 10.7 Å². The number of hydrogen-bond acceptors (Lipinski definition) is 2. The van der Waals surface area contributed by atoms with Crippen molar-refractivity contribution in [3.63, 3.8) is 0 Å². The van der Waals surface area contributed by atoms with Crippen LogP contribution in [0.3, 0.4) is 0 Å². The summed E-state index contributed by atoms with van der Waals surface area (Å²) in [6, 6.07) is 10.3. The van der Waals surface area contributed by atoms with E-state index in [-0.39, 0.29) is 0 Å². The predicted octanol–water partition coefficient (Wildman–Crippen LogP) is 2.28. The summed E-state index contributed by atoms with van der Waals surface area (Å²) in [6.07, 6.45) is 0. The molecule has 0 saturated heterocycles. The molecule has 0 saturated carbocycles. The van der Waals surface area contributed by atoms with Crippen molar-refractivity contribution in [3.05, 3.63) is 35.9 Å². The van der Waals surface area contributed by atoms with Gasteiger partial charge in [-0.3, -0.25) is 5.43 Å². The Bertz CT molecular complexity index is 371. The predicted molar refractivity (Wildman–Crippen MR) is 72.7 cm³/mol. The van der Waals surface area contributed by atoms with Crippen LogP contribution in [0.1, 0.15) is 26.3 Å². The normalized spacial score (nSPS) is 11.4. The molecule has 86 valence electrons. The molecular formula is C12H17N3S. The van der Waals surface area contributed by atoms with Crippen LogP contribution in [0.25, 0.3) is 0 Å². The van der Waals surface area contributed by atoms with Gasteiger partial charge in [-0.1, -0.05) is 30.3 Å². The van der Waals surface area contributed by atoms with Gasteiger partial charge < -0.3 is 5.32 Å². The zero-order chi connectivity index (χ0) is 12.0. The summed E-state index contributed by atoms with van der Waals surface area (Å²) in [4.78, 5) is 0. The second kappa shape index (κ2) is 6.23. The summed E-state index contributed by atoms with van der Waals surface area (Å²) in [5.74, 6) is 0.